The lowest BCUT2D eigenvalue weighted by atomic mass is 9.97. The van der Waals surface area contributed by atoms with Gasteiger partial charge in [-0.15, -0.1) is 0 Å². The molecule has 4 nitrogen and oxygen atoms in total. The van der Waals surface area contributed by atoms with E-state index in [0.29, 0.717) is 19.1 Å². The van der Waals surface area contributed by atoms with Crippen molar-refractivity contribution in [3.05, 3.63) is 24.3 Å². The molecular weight excluding hydrogens is 254 g/mol. The third kappa shape index (κ3) is 4.12. The minimum Gasteiger partial charge on any atom is -0.490 e. The number of aliphatic hydroxyl groups excluding tert-OH is 1. The molecule has 1 N–H and O–H groups in total. The summed E-state index contributed by atoms with van der Waals surface area (Å²) in [5.74, 6) is 1.95. The highest BCUT2D eigenvalue weighted by Crippen LogP contribution is 2.26. The zero-order valence-corrected chi connectivity index (χ0v) is 12.4. The van der Waals surface area contributed by atoms with Gasteiger partial charge in [0.2, 0.25) is 0 Å². The predicted molar refractivity (Wildman–Crippen MR) is 79.3 cm³/mol. The predicted octanol–water partition coefficient (Wildman–Crippen LogP) is 2.17. The Morgan fingerprint density at radius 1 is 1.25 bits per heavy atom. The van der Waals surface area contributed by atoms with Crippen LogP contribution in [0.25, 0.3) is 0 Å². The maximum absolute atomic E-state index is 9.72. The number of hydrogen-bond donors (Lipinski definition) is 1. The van der Waals surface area contributed by atoms with Gasteiger partial charge in [0.1, 0.15) is 6.61 Å². The average Bonchev–Trinajstić information content (AvgIpc) is 2.45. The lowest BCUT2D eigenvalue weighted by Gasteiger charge is -2.34. The molecule has 0 bridgehead atoms. The van der Waals surface area contributed by atoms with E-state index in [2.05, 4.69) is 11.8 Å². The van der Waals surface area contributed by atoms with Gasteiger partial charge in [0.15, 0.2) is 11.5 Å². The van der Waals surface area contributed by atoms with Crippen LogP contribution in [-0.4, -0.2) is 49.0 Å². The van der Waals surface area contributed by atoms with E-state index in [1.165, 1.54) is 0 Å². The maximum Gasteiger partial charge on any atom is 0.161 e. The van der Waals surface area contributed by atoms with Crippen LogP contribution in [0.5, 0.6) is 11.5 Å². The molecule has 0 amide bonds. The Morgan fingerprint density at radius 2 is 1.95 bits per heavy atom. The number of piperidine rings is 1. The van der Waals surface area contributed by atoms with Crippen LogP contribution in [0.4, 0.5) is 0 Å². The van der Waals surface area contributed by atoms with E-state index in [0.717, 1.165) is 37.6 Å². The summed E-state index contributed by atoms with van der Waals surface area (Å²) in [4.78, 5) is 2.35. The molecule has 2 rings (SSSR count). The van der Waals surface area contributed by atoms with E-state index in [4.69, 9.17) is 9.47 Å². The van der Waals surface area contributed by atoms with E-state index >= 15 is 0 Å². The van der Waals surface area contributed by atoms with Gasteiger partial charge in [0.25, 0.3) is 0 Å². The number of rotatable bonds is 6. The van der Waals surface area contributed by atoms with Crippen molar-refractivity contribution in [1.82, 2.24) is 4.90 Å². The summed E-state index contributed by atoms with van der Waals surface area (Å²) in [5.41, 5.74) is 0. The first-order valence-corrected chi connectivity index (χ1v) is 7.45. The number of nitrogens with zero attached hydrogens (tertiary/aromatic N) is 1. The van der Waals surface area contributed by atoms with Crippen molar-refractivity contribution in [2.75, 3.05) is 32.8 Å². The van der Waals surface area contributed by atoms with Gasteiger partial charge in [-0.25, -0.2) is 0 Å². The summed E-state index contributed by atoms with van der Waals surface area (Å²) >= 11 is 0. The zero-order chi connectivity index (χ0) is 14.4. The van der Waals surface area contributed by atoms with Crippen molar-refractivity contribution in [1.29, 1.82) is 0 Å². The second-order valence-corrected chi connectivity index (χ2v) is 5.36. The third-order valence-electron chi connectivity index (χ3n) is 3.76. The van der Waals surface area contributed by atoms with Crippen LogP contribution in [0.1, 0.15) is 20.3 Å². The molecule has 0 aliphatic carbocycles. The average molecular weight is 279 g/mol. The monoisotopic (exact) mass is 279 g/mol. The first-order chi connectivity index (χ1) is 9.70. The Balaban J connectivity index is 1.78. The fourth-order valence-corrected chi connectivity index (χ4v) is 2.55. The van der Waals surface area contributed by atoms with Crippen molar-refractivity contribution in [3.63, 3.8) is 0 Å². The molecule has 1 fully saturated rings. The van der Waals surface area contributed by atoms with Gasteiger partial charge in [0.05, 0.1) is 12.7 Å². The molecule has 20 heavy (non-hydrogen) atoms. The van der Waals surface area contributed by atoms with E-state index in [1.54, 1.807) is 0 Å². The zero-order valence-electron chi connectivity index (χ0n) is 12.4. The molecule has 1 saturated heterocycles. The van der Waals surface area contributed by atoms with Crippen molar-refractivity contribution >= 4 is 0 Å². The molecule has 2 unspecified atom stereocenters. The highest BCUT2D eigenvalue weighted by atomic mass is 16.5. The molecule has 4 heteroatoms. The number of aliphatic hydroxyl groups is 1. The molecule has 0 saturated carbocycles. The fraction of sp³-hybridized carbons (Fsp3) is 0.625. The molecule has 0 radical (unpaired) electrons. The lowest BCUT2D eigenvalue weighted by molar-refractivity contribution is 0.0303. The number of para-hydroxylation sites is 2. The number of hydrogen-bond acceptors (Lipinski definition) is 4. The lowest BCUT2D eigenvalue weighted by Crippen LogP contribution is -2.43. The molecule has 1 aromatic carbocycles. The van der Waals surface area contributed by atoms with Gasteiger partial charge in [-0.1, -0.05) is 19.1 Å². The normalized spacial score (nSPS) is 23.6. The summed E-state index contributed by atoms with van der Waals surface area (Å²) in [7, 11) is 0. The van der Waals surface area contributed by atoms with Crippen LogP contribution in [-0.2, 0) is 0 Å². The second kappa shape index (κ2) is 7.50. The van der Waals surface area contributed by atoms with E-state index < -0.39 is 0 Å². The summed E-state index contributed by atoms with van der Waals surface area (Å²) in [5, 5.41) is 9.72. The van der Waals surface area contributed by atoms with Crippen LogP contribution < -0.4 is 9.47 Å². The minimum atomic E-state index is -0.147. The highest BCUT2D eigenvalue weighted by molar-refractivity contribution is 5.39. The molecular formula is C16H25NO3. The molecule has 2 atom stereocenters. The highest BCUT2D eigenvalue weighted by Gasteiger charge is 2.23. The van der Waals surface area contributed by atoms with Crippen molar-refractivity contribution in [2.45, 2.75) is 26.4 Å². The van der Waals surface area contributed by atoms with Gasteiger partial charge in [-0.05, 0) is 31.4 Å². The Kier molecular flexibility index (Phi) is 5.68. The molecule has 112 valence electrons. The summed E-state index contributed by atoms with van der Waals surface area (Å²) in [6.07, 6.45) is 0.710. The van der Waals surface area contributed by atoms with Crippen LogP contribution in [0.2, 0.25) is 0 Å². The number of ether oxygens (including phenoxy) is 2. The Morgan fingerprint density at radius 3 is 2.60 bits per heavy atom. The summed E-state index contributed by atoms with van der Waals surface area (Å²) in [6, 6.07) is 7.77. The Hall–Kier alpha value is -1.26. The van der Waals surface area contributed by atoms with Gasteiger partial charge >= 0.3 is 0 Å². The smallest absolute Gasteiger partial charge is 0.161 e. The molecule has 0 spiro atoms. The van der Waals surface area contributed by atoms with E-state index in [9.17, 15) is 5.11 Å². The number of likely N-dealkylation sites (tertiary alicyclic amines) is 1. The second-order valence-electron chi connectivity index (χ2n) is 5.36. The Bertz CT molecular complexity index is 410. The van der Waals surface area contributed by atoms with E-state index in [-0.39, 0.29) is 6.10 Å². The van der Waals surface area contributed by atoms with Crippen LogP contribution in [0.3, 0.4) is 0 Å². The quantitative estimate of drug-likeness (QED) is 0.866. The van der Waals surface area contributed by atoms with Crippen molar-refractivity contribution < 1.29 is 14.6 Å². The minimum absolute atomic E-state index is 0.147. The summed E-state index contributed by atoms with van der Waals surface area (Å²) < 4.78 is 11.4. The van der Waals surface area contributed by atoms with E-state index in [1.807, 2.05) is 31.2 Å². The van der Waals surface area contributed by atoms with Crippen LogP contribution in [0.15, 0.2) is 24.3 Å². The third-order valence-corrected chi connectivity index (χ3v) is 3.76. The van der Waals surface area contributed by atoms with Gasteiger partial charge in [-0.2, -0.15) is 0 Å². The van der Waals surface area contributed by atoms with Gasteiger partial charge in [0, 0.05) is 19.6 Å². The first-order valence-electron chi connectivity index (χ1n) is 7.45. The number of benzene rings is 1. The van der Waals surface area contributed by atoms with Gasteiger partial charge in [-0.3, -0.25) is 4.90 Å². The Labute approximate surface area is 121 Å². The van der Waals surface area contributed by atoms with Crippen LogP contribution in [0, 0.1) is 5.92 Å². The maximum atomic E-state index is 9.72. The molecule has 1 aliphatic rings. The van der Waals surface area contributed by atoms with Crippen LogP contribution >= 0.6 is 0 Å². The standard InChI is InChI=1S/C16H25NO3/c1-3-19-15-6-4-5-7-16(15)20-11-10-17-9-8-14(18)13(2)12-17/h4-7,13-14,18H,3,8-12H2,1-2H3. The largest absolute Gasteiger partial charge is 0.490 e. The SMILES string of the molecule is CCOc1ccccc1OCCN1CCC(O)C(C)C1. The summed E-state index contributed by atoms with van der Waals surface area (Å²) in [6.45, 7) is 8.13. The van der Waals surface area contributed by atoms with Crippen molar-refractivity contribution in [2.24, 2.45) is 5.92 Å². The fourth-order valence-electron chi connectivity index (χ4n) is 2.55. The molecule has 1 aromatic rings. The van der Waals surface area contributed by atoms with Crippen molar-refractivity contribution in [3.8, 4) is 11.5 Å². The molecule has 1 aliphatic heterocycles. The first kappa shape index (κ1) is 15.1. The molecule has 0 aromatic heterocycles. The van der Waals surface area contributed by atoms with Gasteiger partial charge < -0.3 is 14.6 Å². The molecule has 1 heterocycles. The topological polar surface area (TPSA) is 41.9 Å².